The third-order valence-corrected chi connectivity index (χ3v) is 9.93. The number of aryl methyl sites for hydroxylation is 1. The molecule has 2 aromatic heterocycles. The van der Waals surface area contributed by atoms with E-state index in [0.29, 0.717) is 29.6 Å². The van der Waals surface area contributed by atoms with Crippen molar-refractivity contribution in [2.75, 3.05) is 23.7 Å². The van der Waals surface area contributed by atoms with Gasteiger partial charge in [-0.25, -0.2) is 13.4 Å². The molecule has 2 aliphatic heterocycles. The number of hydrogen-bond donors (Lipinski definition) is 0. The Balaban J connectivity index is 1.50. The summed E-state index contributed by atoms with van der Waals surface area (Å²) < 4.78 is 29.2. The average molecular weight is 557 g/mol. The number of anilines is 1. The summed E-state index contributed by atoms with van der Waals surface area (Å²) in [5.41, 5.74) is 4.98. The fraction of sp³-hybridized carbons (Fsp3) is 0.333. The minimum atomic E-state index is -3.23. The number of fused-ring (bicyclic) bond motifs is 3. The molecular weight excluding hydrogens is 529 g/mol. The molecule has 7 nitrogen and oxygen atoms in total. The molecule has 0 spiro atoms. The summed E-state index contributed by atoms with van der Waals surface area (Å²) in [5.74, 6) is 1.11. The second-order valence-electron chi connectivity index (χ2n) is 9.78. The second-order valence-corrected chi connectivity index (χ2v) is 12.7. The highest BCUT2D eigenvalue weighted by atomic mass is 35.5. The average Bonchev–Trinajstić information content (AvgIpc) is 3.57. The van der Waals surface area contributed by atoms with Crippen LogP contribution in [-0.4, -0.2) is 58.2 Å². The van der Waals surface area contributed by atoms with Crippen LogP contribution in [0.3, 0.4) is 0 Å². The van der Waals surface area contributed by atoms with Gasteiger partial charge in [0.1, 0.15) is 11.5 Å². The van der Waals surface area contributed by atoms with E-state index in [1.165, 1.54) is 0 Å². The summed E-state index contributed by atoms with van der Waals surface area (Å²) in [5, 5.41) is 6.33. The normalized spacial score (nSPS) is 19.8. The molecule has 2 aliphatic rings. The Hall–Kier alpha value is -2.65. The molecule has 0 aliphatic carbocycles. The highest BCUT2D eigenvalue weighted by molar-refractivity contribution is 7.89. The number of hydrogen-bond acceptors (Lipinski definition) is 5. The molecule has 0 radical (unpaired) electrons. The van der Waals surface area contributed by atoms with Crippen LogP contribution < -0.4 is 4.90 Å². The lowest BCUT2D eigenvalue weighted by Crippen LogP contribution is -2.49. The van der Waals surface area contributed by atoms with Crippen molar-refractivity contribution in [2.45, 2.75) is 38.8 Å². The van der Waals surface area contributed by atoms with E-state index >= 15 is 0 Å². The van der Waals surface area contributed by atoms with Crippen LogP contribution in [0.1, 0.15) is 25.5 Å². The van der Waals surface area contributed by atoms with Gasteiger partial charge < -0.3 is 4.90 Å². The van der Waals surface area contributed by atoms with Crippen molar-refractivity contribution >= 4 is 44.7 Å². The molecule has 0 saturated carbocycles. The lowest BCUT2D eigenvalue weighted by Gasteiger charge is -2.34. The Bertz CT molecular complexity index is 1600. The maximum absolute atomic E-state index is 12.8. The monoisotopic (exact) mass is 555 g/mol. The van der Waals surface area contributed by atoms with Gasteiger partial charge in [-0.1, -0.05) is 60.5 Å². The summed E-state index contributed by atoms with van der Waals surface area (Å²) in [4.78, 5) is 7.21. The van der Waals surface area contributed by atoms with Crippen molar-refractivity contribution < 1.29 is 8.42 Å². The zero-order valence-corrected chi connectivity index (χ0v) is 22.9. The number of piperazine rings is 1. The van der Waals surface area contributed by atoms with Gasteiger partial charge in [0.2, 0.25) is 10.0 Å². The molecule has 0 amide bonds. The molecule has 2 saturated heterocycles. The molecule has 4 aromatic rings. The van der Waals surface area contributed by atoms with Gasteiger partial charge in [0.05, 0.1) is 16.3 Å². The van der Waals surface area contributed by atoms with Gasteiger partial charge in [-0.3, -0.25) is 0 Å². The van der Waals surface area contributed by atoms with E-state index in [1.807, 2.05) is 73.0 Å². The fourth-order valence-corrected chi connectivity index (χ4v) is 7.78. The number of halogens is 2. The Morgan fingerprint density at radius 1 is 1.03 bits per heavy atom. The molecule has 2 atom stereocenters. The Morgan fingerprint density at radius 3 is 2.46 bits per heavy atom. The van der Waals surface area contributed by atoms with Gasteiger partial charge in [-0.15, -0.1) is 0 Å². The van der Waals surface area contributed by atoms with Crippen molar-refractivity contribution in [2.24, 2.45) is 0 Å². The fourth-order valence-electron chi connectivity index (χ4n) is 5.68. The van der Waals surface area contributed by atoms with E-state index in [0.717, 1.165) is 46.0 Å². The van der Waals surface area contributed by atoms with E-state index in [9.17, 15) is 8.42 Å². The highest BCUT2D eigenvalue weighted by Gasteiger charge is 2.48. The molecule has 6 rings (SSSR count). The van der Waals surface area contributed by atoms with Gasteiger partial charge in [0, 0.05) is 47.5 Å². The Labute approximate surface area is 226 Å². The SMILES string of the molecule is CCCS(=O)(=O)N1CC2CC1CN2c1cc(C)nc2c(-c3ccc(Cl)cc3)c(-c3ccccc3Cl)nn12. The molecular formula is C27H27Cl2N5O2S. The van der Waals surface area contributed by atoms with Gasteiger partial charge >= 0.3 is 0 Å². The third kappa shape index (κ3) is 4.20. The van der Waals surface area contributed by atoms with E-state index in [4.69, 9.17) is 33.3 Å². The zero-order valence-electron chi connectivity index (χ0n) is 20.6. The van der Waals surface area contributed by atoms with E-state index in [-0.39, 0.29) is 17.8 Å². The summed E-state index contributed by atoms with van der Waals surface area (Å²) in [6, 6.07) is 17.4. The summed E-state index contributed by atoms with van der Waals surface area (Å²) in [6.45, 7) is 5.01. The lowest BCUT2D eigenvalue weighted by atomic mass is 10.0. The summed E-state index contributed by atoms with van der Waals surface area (Å²) >= 11 is 12.8. The van der Waals surface area contributed by atoms with Crippen LogP contribution in [0, 0.1) is 6.92 Å². The van der Waals surface area contributed by atoms with Crippen LogP contribution in [0.25, 0.3) is 28.0 Å². The number of aromatic nitrogens is 3. The van der Waals surface area contributed by atoms with Gasteiger partial charge in [0.25, 0.3) is 0 Å². The predicted octanol–water partition coefficient (Wildman–Crippen LogP) is 5.68. The van der Waals surface area contributed by atoms with Crippen molar-refractivity contribution in [3.8, 4) is 22.4 Å². The van der Waals surface area contributed by atoms with Crippen LogP contribution >= 0.6 is 23.2 Å². The third-order valence-electron chi connectivity index (χ3n) is 7.26. The molecule has 0 N–H and O–H groups in total. The van der Waals surface area contributed by atoms with Crippen LogP contribution in [0.5, 0.6) is 0 Å². The van der Waals surface area contributed by atoms with Gasteiger partial charge in [-0.05, 0) is 43.5 Å². The first-order chi connectivity index (χ1) is 17.8. The smallest absolute Gasteiger partial charge is 0.214 e. The minimum absolute atomic E-state index is 0.0283. The molecule has 2 bridgehead atoms. The summed E-state index contributed by atoms with van der Waals surface area (Å²) in [6.07, 6.45) is 1.43. The topological polar surface area (TPSA) is 70.8 Å². The number of benzene rings is 2. The zero-order chi connectivity index (χ0) is 25.9. The molecule has 192 valence electrons. The van der Waals surface area contributed by atoms with Crippen molar-refractivity contribution in [1.82, 2.24) is 18.9 Å². The minimum Gasteiger partial charge on any atom is -0.350 e. The van der Waals surface area contributed by atoms with Crippen molar-refractivity contribution in [3.05, 3.63) is 70.3 Å². The van der Waals surface area contributed by atoms with Crippen molar-refractivity contribution in [3.63, 3.8) is 0 Å². The Kier molecular flexibility index (Phi) is 6.18. The molecule has 2 unspecified atom stereocenters. The maximum atomic E-state index is 12.8. The van der Waals surface area contributed by atoms with Crippen LogP contribution in [0.15, 0.2) is 54.6 Å². The first-order valence-corrected chi connectivity index (χ1v) is 14.8. The molecule has 2 aromatic carbocycles. The maximum Gasteiger partial charge on any atom is 0.214 e. The van der Waals surface area contributed by atoms with Crippen LogP contribution in [0.4, 0.5) is 5.82 Å². The van der Waals surface area contributed by atoms with E-state index in [2.05, 4.69) is 4.90 Å². The molecule has 4 heterocycles. The number of sulfonamides is 1. The van der Waals surface area contributed by atoms with Crippen molar-refractivity contribution in [1.29, 1.82) is 0 Å². The van der Waals surface area contributed by atoms with Crippen LogP contribution in [-0.2, 0) is 10.0 Å². The summed E-state index contributed by atoms with van der Waals surface area (Å²) in [7, 11) is -3.23. The number of rotatable bonds is 6. The lowest BCUT2D eigenvalue weighted by molar-refractivity contribution is 0.367. The quantitative estimate of drug-likeness (QED) is 0.306. The second kappa shape index (κ2) is 9.27. The van der Waals surface area contributed by atoms with E-state index in [1.54, 1.807) is 4.31 Å². The molecule has 37 heavy (non-hydrogen) atoms. The molecule has 10 heteroatoms. The largest absolute Gasteiger partial charge is 0.350 e. The van der Waals surface area contributed by atoms with E-state index < -0.39 is 10.0 Å². The van der Waals surface area contributed by atoms with Gasteiger partial charge in [-0.2, -0.15) is 13.9 Å². The first kappa shape index (κ1) is 24.7. The molecule has 2 fully saturated rings. The number of nitrogens with zero attached hydrogens (tertiary/aromatic N) is 5. The highest BCUT2D eigenvalue weighted by Crippen LogP contribution is 2.41. The standard InChI is InChI=1S/C27H27Cl2N5O2S/c1-3-12-37(35,36)33-16-20-14-21(33)15-32(20)24-13-17(2)30-27-25(18-8-10-19(28)11-9-18)26(31-34(24)27)22-6-4-5-7-23(22)29/h4-11,13,20-21H,3,12,14-16H2,1-2H3. The van der Waals surface area contributed by atoms with Crippen LogP contribution in [0.2, 0.25) is 10.0 Å². The predicted molar refractivity (Wildman–Crippen MR) is 149 cm³/mol. The van der Waals surface area contributed by atoms with Gasteiger partial charge in [0.15, 0.2) is 5.65 Å². The first-order valence-electron chi connectivity index (χ1n) is 12.4. The Morgan fingerprint density at radius 2 is 1.78 bits per heavy atom.